The minimum absolute atomic E-state index is 0.0108. The summed E-state index contributed by atoms with van der Waals surface area (Å²) in [5.41, 5.74) is 12.2. The summed E-state index contributed by atoms with van der Waals surface area (Å²) in [6.45, 7) is 4.43. The van der Waals surface area contributed by atoms with Crippen LogP contribution in [-0.4, -0.2) is 55.3 Å². The van der Waals surface area contributed by atoms with Crippen LogP contribution < -0.4 is 11.5 Å². The molecule has 0 saturated carbocycles. The number of allylic oxidation sites excluding steroid dienone is 1. The van der Waals surface area contributed by atoms with Crippen molar-refractivity contribution >= 4 is 29.2 Å². The van der Waals surface area contributed by atoms with Gasteiger partial charge in [0, 0.05) is 17.8 Å². The van der Waals surface area contributed by atoms with Gasteiger partial charge in [-0.2, -0.15) is 0 Å². The van der Waals surface area contributed by atoms with E-state index in [-0.39, 0.29) is 22.7 Å². The largest absolute Gasteiger partial charge is 0.454 e. The third-order valence-corrected chi connectivity index (χ3v) is 4.59. The van der Waals surface area contributed by atoms with Crippen molar-refractivity contribution in [2.45, 2.75) is 19.8 Å². The number of rotatable bonds is 8. The SMILES string of the molecule is C/C(N)=C(\C(=O)OCC(=O)c1ccccc1Cl)C(N)=NCCN1CCCC1. The van der Waals surface area contributed by atoms with E-state index in [0.717, 1.165) is 19.6 Å². The second kappa shape index (κ2) is 10.1. The molecule has 1 aliphatic rings. The van der Waals surface area contributed by atoms with Gasteiger partial charge in [0.15, 0.2) is 6.61 Å². The third-order valence-electron chi connectivity index (χ3n) is 4.26. The predicted octanol–water partition coefficient (Wildman–Crippen LogP) is 1.75. The quantitative estimate of drug-likeness (QED) is 0.229. The molecule has 0 amide bonds. The Hall–Kier alpha value is -2.38. The number of hydrogen-bond acceptors (Lipinski definition) is 6. The molecule has 27 heavy (non-hydrogen) atoms. The number of Topliss-reactive ketones (excluding diaryl/α,β-unsaturated/α-hetero) is 1. The summed E-state index contributed by atoms with van der Waals surface area (Å²) in [5, 5.41) is 0.298. The van der Waals surface area contributed by atoms with Gasteiger partial charge in [0.2, 0.25) is 5.78 Å². The number of hydrogen-bond donors (Lipinski definition) is 2. The van der Waals surface area contributed by atoms with Crippen molar-refractivity contribution in [3.05, 3.63) is 46.1 Å². The summed E-state index contributed by atoms with van der Waals surface area (Å²) < 4.78 is 5.08. The van der Waals surface area contributed by atoms with Crippen molar-refractivity contribution in [3.63, 3.8) is 0 Å². The molecule has 0 spiro atoms. The molecule has 1 aromatic carbocycles. The standard InChI is InChI=1S/C19H25ClN4O3/c1-13(21)17(18(22)23-8-11-24-9-4-5-10-24)19(26)27-12-16(25)14-6-2-3-7-15(14)20/h2-3,6-7H,4-5,8-12,21H2,1H3,(H2,22,23)/b17-13+. The minimum atomic E-state index is -0.780. The molecule has 1 saturated heterocycles. The van der Waals surface area contributed by atoms with Gasteiger partial charge in [0.1, 0.15) is 11.4 Å². The Morgan fingerprint density at radius 1 is 1.22 bits per heavy atom. The fourth-order valence-corrected chi connectivity index (χ4v) is 3.07. The lowest BCUT2D eigenvalue weighted by Crippen LogP contribution is -2.29. The number of amidine groups is 1. The lowest BCUT2D eigenvalue weighted by molar-refractivity contribution is -0.137. The molecule has 8 heteroatoms. The molecule has 7 nitrogen and oxygen atoms in total. The monoisotopic (exact) mass is 392 g/mol. The van der Waals surface area contributed by atoms with E-state index in [4.69, 9.17) is 27.8 Å². The summed E-state index contributed by atoms with van der Waals surface area (Å²) >= 11 is 5.98. The maximum atomic E-state index is 12.3. The van der Waals surface area contributed by atoms with Crippen LogP contribution in [0.15, 0.2) is 40.5 Å². The molecule has 0 atom stereocenters. The van der Waals surface area contributed by atoms with Crippen LogP contribution in [0, 0.1) is 0 Å². The van der Waals surface area contributed by atoms with Crippen LogP contribution in [0.2, 0.25) is 5.02 Å². The predicted molar refractivity (Wildman–Crippen MR) is 106 cm³/mol. The second-order valence-corrected chi connectivity index (χ2v) is 6.76. The van der Waals surface area contributed by atoms with Crippen LogP contribution in [0.4, 0.5) is 0 Å². The van der Waals surface area contributed by atoms with Gasteiger partial charge < -0.3 is 21.1 Å². The number of ether oxygens (including phenoxy) is 1. The van der Waals surface area contributed by atoms with E-state index in [2.05, 4.69) is 9.89 Å². The van der Waals surface area contributed by atoms with Gasteiger partial charge in [0.25, 0.3) is 0 Å². The van der Waals surface area contributed by atoms with E-state index in [9.17, 15) is 9.59 Å². The Morgan fingerprint density at radius 3 is 2.52 bits per heavy atom. The molecule has 1 aromatic rings. The first kappa shape index (κ1) is 20.9. The Kier molecular flexibility index (Phi) is 7.82. The number of likely N-dealkylation sites (tertiary alicyclic amines) is 1. The van der Waals surface area contributed by atoms with Gasteiger partial charge >= 0.3 is 5.97 Å². The second-order valence-electron chi connectivity index (χ2n) is 6.35. The summed E-state index contributed by atoms with van der Waals surface area (Å²) in [7, 11) is 0. The maximum Gasteiger partial charge on any atom is 0.344 e. The molecule has 146 valence electrons. The van der Waals surface area contributed by atoms with Crippen LogP contribution in [0.1, 0.15) is 30.1 Å². The zero-order chi connectivity index (χ0) is 19.8. The van der Waals surface area contributed by atoms with Gasteiger partial charge in [-0.3, -0.25) is 9.79 Å². The summed E-state index contributed by atoms with van der Waals surface area (Å²) in [6, 6.07) is 6.55. The number of nitrogens with zero attached hydrogens (tertiary/aromatic N) is 2. The first-order valence-corrected chi connectivity index (χ1v) is 9.21. The molecular formula is C19H25ClN4O3. The molecular weight excluding hydrogens is 368 g/mol. The zero-order valence-corrected chi connectivity index (χ0v) is 16.2. The number of aliphatic imine (C=N–C) groups is 1. The Balaban J connectivity index is 1.95. The van der Waals surface area contributed by atoms with E-state index in [1.165, 1.54) is 19.8 Å². The van der Waals surface area contributed by atoms with Crippen molar-refractivity contribution in [2.75, 3.05) is 32.8 Å². The lowest BCUT2D eigenvalue weighted by Gasteiger charge is -2.13. The van der Waals surface area contributed by atoms with E-state index in [0.29, 0.717) is 11.6 Å². The van der Waals surface area contributed by atoms with Gasteiger partial charge in [-0.15, -0.1) is 0 Å². The smallest absolute Gasteiger partial charge is 0.344 e. The molecule has 1 aliphatic heterocycles. The molecule has 0 bridgehead atoms. The number of nitrogens with two attached hydrogens (primary N) is 2. The van der Waals surface area contributed by atoms with E-state index in [1.54, 1.807) is 24.3 Å². The highest BCUT2D eigenvalue weighted by Gasteiger charge is 2.20. The highest BCUT2D eigenvalue weighted by Crippen LogP contribution is 2.16. The van der Waals surface area contributed by atoms with Crippen molar-refractivity contribution in [1.82, 2.24) is 4.90 Å². The fraction of sp³-hybridized carbons (Fsp3) is 0.421. The fourth-order valence-electron chi connectivity index (χ4n) is 2.83. The van der Waals surface area contributed by atoms with Gasteiger partial charge in [-0.1, -0.05) is 23.7 Å². The number of ketones is 1. The normalized spacial score (nSPS) is 16.1. The molecule has 0 aliphatic carbocycles. The number of carbonyl (C=O) groups excluding carboxylic acids is 2. The van der Waals surface area contributed by atoms with Gasteiger partial charge in [-0.05, 0) is 45.0 Å². The van der Waals surface area contributed by atoms with E-state index < -0.39 is 18.4 Å². The minimum Gasteiger partial charge on any atom is -0.454 e. The summed E-state index contributed by atoms with van der Waals surface area (Å²) in [6.07, 6.45) is 2.39. The average molecular weight is 393 g/mol. The molecule has 0 aromatic heterocycles. The van der Waals surface area contributed by atoms with Crippen LogP contribution in [0.5, 0.6) is 0 Å². The first-order chi connectivity index (χ1) is 12.9. The molecule has 0 radical (unpaired) electrons. The number of carbonyl (C=O) groups is 2. The highest BCUT2D eigenvalue weighted by molar-refractivity contribution is 6.34. The molecule has 1 fully saturated rings. The first-order valence-electron chi connectivity index (χ1n) is 8.84. The summed E-state index contributed by atoms with van der Waals surface area (Å²) in [5.74, 6) is -1.17. The molecule has 4 N–H and O–H groups in total. The van der Waals surface area contributed by atoms with Crippen molar-refractivity contribution < 1.29 is 14.3 Å². The zero-order valence-electron chi connectivity index (χ0n) is 15.4. The average Bonchev–Trinajstić information content (AvgIpc) is 3.13. The third kappa shape index (κ3) is 6.08. The Labute approximate surface area is 164 Å². The maximum absolute atomic E-state index is 12.3. The molecule has 0 unspecified atom stereocenters. The van der Waals surface area contributed by atoms with E-state index in [1.807, 2.05) is 0 Å². The highest BCUT2D eigenvalue weighted by atomic mass is 35.5. The van der Waals surface area contributed by atoms with Gasteiger partial charge in [0.05, 0.1) is 11.6 Å². The van der Waals surface area contributed by atoms with Gasteiger partial charge in [-0.25, -0.2) is 4.79 Å². The molecule has 1 heterocycles. The topological polar surface area (TPSA) is 111 Å². The van der Waals surface area contributed by atoms with Crippen molar-refractivity contribution in [3.8, 4) is 0 Å². The number of halogens is 1. The van der Waals surface area contributed by atoms with Crippen LogP contribution in [0.25, 0.3) is 0 Å². The summed E-state index contributed by atoms with van der Waals surface area (Å²) in [4.78, 5) is 31.1. The van der Waals surface area contributed by atoms with Crippen LogP contribution in [0.3, 0.4) is 0 Å². The van der Waals surface area contributed by atoms with Crippen LogP contribution >= 0.6 is 11.6 Å². The Morgan fingerprint density at radius 2 is 1.89 bits per heavy atom. The van der Waals surface area contributed by atoms with Crippen molar-refractivity contribution in [2.24, 2.45) is 16.5 Å². The number of esters is 1. The lowest BCUT2D eigenvalue weighted by atomic mass is 10.1. The van der Waals surface area contributed by atoms with Crippen LogP contribution in [-0.2, 0) is 9.53 Å². The van der Waals surface area contributed by atoms with Crippen molar-refractivity contribution in [1.29, 1.82) is 0 Å². The van der Waals surface area contributed by atoms with E-state index >= 15 is 0 Å². The Bertz CT molecular complexity index is 751. The molecule has 2 rings (SSSR count). The number of benzene rings is 1.